The van der Waals surface area contributed by atoms with E-state index in [0.29, 0.717) is 42.0 Å². The van der Waals surface area contributed by atoms with E-state index < -0.39 is 0 Å². The largest absolute Gasteiger partial charge is 0.481 e. The number of rotatable bonds is 6. The SMILES string of the molecule is COc1cc(OC)nc(N(C)CC2CC(=O)N(C3CCCC3)C2)n1. The van der Waals surface area contributed by atoms with Gasteiger partial charge < -0.3 is 19.3 Å². The van der Waals surface area contributed by atoms with Crippen LogP contribution in [-0.4, -0.2) is 61.2 Å². The summed E-state index contributed by atoms with van der Waals surface area (Å²) >= 11 is 0. The first kappa shape index (κ1) is 16.8. The van der Waals surface area contributed by atoms with Gasteiger partial charge in [0.05, 0.1) is 20.3 Å². The normalized spacial score (nSPS) is 21.4. The summed E-state index contributed by atoms with van der Waals surface area (Å²) in [5.74, 6) is 2.10. The van der Waals surface area contributed by atoms with Gasteiger partial charge in [-0.1, -0.05) is 12.8 Å². The molecule has 1 aromatic heterocycles. The highest BCUT2D eigenvalue weighted by atomic mass is 16.5. The average molecular weight is 334 g/mol. The number of amides is 1. The summed E-state index contributed by atoms with van der Waals surface area (Å²) in [5.41, 5.74) is 0. The monoisotopic (exact) mass is 334 g/mol. The van der Waals surface area contributed by atoms with Gasteiger partial charge in [-0.2, -0.15) is 9.97 Å². The Labute approximate surface area is 143 Å². The molecule has 132 valence electrons. The van der Waals surface area contributed by atoms with E-state index in [9.17, 15) is 4.79 Å². The van der Waals surface area contributed by atoms with Crippen LogP contribution in [0.2, 0.25) is 0 Å². The quantitative estimate of drug-likeness (QED) is 0.789. The van der Waals surface area contributed by atoms with Crippen molar-refractivity contribution < 1.29 is 14.3 Å². The van der Waals surface area contributed by atoms with Crippen LogP contribution >= 0.6 is 0 Å². The molecule has 2 fully saturated rings. The van der Waals surface area contributed by atoms with Gasteiger partial charge in [-0.25, -0.2) is 0 Å². The van der Waals surface area contributed by atoms with E-state index in [-0.39, 0.29) is 0 Å². The Bertz CT molecular complexity index is 567. The fourth-order valence-electron chi connectivity index (χ4n) is 3.74. The maximum Gasteiger partial charge on any atom is 0.231 e. The van der Waals surface area contributed by atoms with E-state index in [1.165, 1.54) is 12.8 Å². The Hall–Kier alpha value is -2.05. The molecule has 7 heteroatoms. The first-order valence-electron chi connectivity index (χ1n) is 8.58. The van der Waals surface area contributed by atoms with Gasteiger partial charge in [-0.3, -0.25) is 4.79 Å². The maximum absolute atomic E-state index is 12.3. The van der Waals surface area contributed by atoms with Crippen molar-refractivity contribution in [1.82, 2.24) is 14.9 Å². The maximum atomic E-state index is 12.3. The summed E-state index contributed by atoms with van der Waals surface area (Å²) in [4.78, 5) is 25.1. The zero-order valence-corrected chi connectivity index (χ0v) is 14.7. The molecule has 0 spiro atoms. The molecule has 1 aliphatic heterocycles. The molecule has 2 aliphatic rings. The molecule has 1 saturated carbocycles. The Kier molecular flexibility index (Phi) is 5.06. The third-order valence-corrected chi connectivity index (χ3v) is 4.96. The molecule has 24 heavy (non-hydrogen) atoms. The number of carbonyl (C=O) groups excluding carboxylic acids is 1. The van der Waals surface area contributed by atoms with Gasteiger partial charge in [-0.15, -0.1) is 0 Å². The molecular weight excluding hydrogens is 308 g/mol. The van der Waals surface area contributed by atoms with Crippen molar-refractivity contribution in [3.8, 4) is 11.8 Å². The summed E-state index contributed by atoms with van der Waals surface area (Å²) < 4.78 is 10.4. The molecule has 1 atom stereocenters. The van der Waals surface area contributed by atoms with Crippen LogP contribution in [0.15, 0.2) is 6.07 Å². The lowest BCUT2D eigenvalue weighted by atomic mass is 10.1. The smallest absolute Gasteiger partial charge is 0.231 e. The van der Waals surface area contributed by atoms with Crippen LogP contribution in [0.25, 0.3) is 0 Å². The Morgan fingerprint density at radius 3 is 2.42 bits per heavy atom. The highest BCUT2D eigenvalue weighted by Gasteiger charge is 2.36. The first-order valence-corrected chi connectivity index (χ1v) is 8.58. The van der Waals surface area contributed by atoms with Crippen LogP contribution in [0.1, 0.15) is 32.1 Å². The number of nitrogens with zero attached hydrogens (tertiary/aromatic N) is 4. The predicted octanol–water partition coefficient (Wildman–Crippen LogP) is 1.72. The lowest BCUT2D eigenvalue weighted by Crippen LogP contribution is -2.35. The second-order valence-corrected chi connectivity index (χ2v) is 6.69. The van der Waals surface area contributed by atoms with Crippen LogP contribution in [-0.2, 0) is 4.79 Å². The van der Waals surface area contributed by atoms with Gasteiger partial charge in [0.2, 0.25) is 23.6 Å². The highest BCUT2D eigenvalue weighted by Crippen LogP contribution is 2.30. The van der Waals surface area contributed by atoms with Gasteiger partial charge >= 0.3 is 0 Å². The average Bonchev–Trinajstić information content (AvgIpc) is 3.23. The number of ether oxygens (including phenoxy) is 2. The molecule has 1 saturated heterocycles. The number of hydrogen-bond donors (Lipinski definition) is 0. The van der Waals surface area contributed by atoms with E-state index >= 15 is 0 Å². The number of aromatic nitrogens is 2. The lowest BCUT2D eigenvalue weighted by Gasteiger charge is -2.25. The molecular formula is C17H26N4O3. The molecule has 0 aromatic carbocycles. The second kappa shape index (κ2) is 7.23. The number of carbonyl (C=O) groups is 1. The van der Waals surface area contributed by atoms with E-state index in [2.05, 4.69) is 14.9 Å². The molecule has 0 N–H and O–H groups in total. The van der Waals surface area contributed by atoms with E-state index in [1.54, 1.807) is 20.3 Å². The van der Waals surface area contributed by atoms with Crippen LogP contribution < -0.4 is 14.4 Å². The third kappa shape index (κ3) is 3.55. The summed E-state index contributed by atoms with van der Waals surface area (Å²) in [6, 6.07) is 2.11. The molecule has 2 heterocycles. The second-order valence-electron chi connectivity index (χ2n) is 6.69. The van der Waals surface area contributed by atoms with Crippen LogP contribution in [0, 0.1) is 5.92 Å². The Morgan fingerprint density at radius 2 is 1.83 bits per heavy atom. The molecule has 3 rings (SSSR count). The highest BCUT2D eigenvalue weighted by molar-refractivity contribution is 5.79. The van der Waals surface area contributed by atoms with E-state index in [4.69, 9.17) is 9.47 Å². The molecule has 1 aromatic rings. The van der Waals surface area contributed by atoms with Gasteiger partial charge in [0.25, 0.3) is 0 Å². The zero-order valence-electron chi connectivity index (χ0n) is 14.7. The first-order chi connectivity index (χ1) is 11.6. The minimum absolute atomic E-state index is 0.296. The van der Waals surface area contributed by atoms with Crippen molar-refractivity contribution in [2.75, 3.05) is 39.3 Å². The molecule has 1 unspecified atom stereocenters. The van der Waals surface area contributed by atoms with Gasteiger partial charge in [0.1, 0.15) is 0 Å². The van der Waals surface area contributed by atoms with Crippen molar-refractivity contribution in [3.05, 3.63) is 6.07 Å². The fourth-order valence-corrected chi connectivity index (χ4v) is 3.74. The van der Waals surface area contributed by atoms with Crippen molar-refractivity contribution in [2.24, 2.45) is 5.92 Å². The van der Waals surface area contributed by atoms with E-state index in [0.717, 1.165) is 25.9 Å². The topological polar surface area (TPSA) is 67.8 Å². The number of anilines is 1. The summed E-state index contributed by atoms with van der Waals surface area (Å²) in [5, 5.41) is 0. The van der Waals surface area contributed by atoms with E-state index in [1.807, 2.05) is 11.9 Å². The van der Waals surface area contributed by atoms with Crippen LogP contribution in [0.4, 0.5) is 5.95 Å². The third-order valence-electron chi connectivity index (χ3n) is 4.96. The zero-order chi connectivity index (χ0) is 17.1. The Morgan fingerprint density at radius 1 is 1.21 bits per heavy atom. The number of likely N-dealkylation sites (tertiary alicyclic amines) is 1. The van der Waals surface area contributed by atoms with Crippen molar-refractivity contribution in [3.63, 3.8) is 0 Å². The molecule has 0 bridgehead atoms. The Balaban J connectivity index is 1.64. The lowest BCUT2D eigenvalue weighted by molar-refractivity contribution is -0.129. The van der Waals surface area contributed by atoms with Crippen molar-refractivity contribution >= 4 is 11.9 Å². The molecule has 7 nitrogen and oxygen atoms in total. The molecule has 1 aliphatic carbocycles. The molecule has 0 radical (unpaired) electrons. The van der Waals surface area contributed by atoms with Gasteiger partial charge in [-0.05, 0) is 12.8 Å². The minimum Gasteiger partial charge on any atom is -0.481 e. The summed E-state index contributed by atoms with van der Waals surface area (Å²) in [7, 11) is 5.08. The predicted molar refractivity (Wildman–Crippen MR) is 90.5 cm³/mol. The number of methoxy groups -OCH3 is 2. The van der Waals surface area contributed by atoms with Gasteiger partial charge in [0.15, 0.2) is 0 Å². The summed E-state index contributed by atoms with van der Waals surface area (Å²) in [6.45, 7) is 1.58. The minimum atomic E-state index is 0.296. The van der Waals surface area contributed by atoms with Crippen molar-refractivity contribution in [1.29, 1.82) is 0 Å². The van der Waals surface area contributed by atoms with Crippen LogP contribution in [0.5, 0.6) is 11.8 Å². The summed E-state index contributed by atoms with van der Waals surface area (Å²) in [6.07, 6.45) is 5.42. The standard InChI is InChI=1S/C17H26N4O3/c1-20(17-18-14(23-2)9-15(19-17)24-3)10-12-8-16(22)21(11-12)13-6-4-5-7-13/h9,12-13H,4-8,10-11H2,1-3H3. The fraction of sp³-hybridized carbons (Fsp3) is 0.706. The molecule has 1 amide bonds. The van der Waals surface area contributed by atoms with Crippen molar-refractivity contribution in [2.45, 2.75) is 38.1 Å². The van der Waals surface area contributed by atoms with Gasteiger partial charge in [0, 0.05) is 38.5 Å². The number of hydrogen-bond acceptors (Lipinski definition) is 6. The van der Waals surface area contributed by atoms with Crippen LogP contribution in [0.3, 0.4) is 0 Å².